The molecular weight excluding hydrogens is 416 g/mol. The smallest absolute Gasteiger partial charge is 0.228 e. The Bertz CT molecular complexity index is 981. The predicted molar refractivity (Wildman–Crippen MR) is 136 cm³/mol. The highest BCUT2D eigenvalue weighted by Crippen LogP contribution is 2.34. The fourth-order valence-electron chi connectivity index (χ4n) is 2.91. The van der Waals surface area contributed by atoms with Gasteiger partial charge in [0.2, 0.25) is 5.91 Å². The summed E-state index contributed by atoms with van der Waals surface area (Å²) < 4.78 is 5.50. The fourth-order valence-corrected chi connectivity index (χ4v) is 2.91. The van der Waals surface area contributed by atoms with Crippen LogP contribution in [0.2, 0.25) is 0 Å². The maximum Gasteiger partial charge on any atom is 0.228 e. The SMILES string of the molecule is C=CC.CC.CCC(=O)c1cnc(NC(=O)C2CC2)cc1Nc1cccc(C(C)=N)c1OC. The molecule has 3 N–H and O–H groups in total. The minimum atomic E-state index is -0.0616. The Labute approximate surface area is 197 Å². The van der Waals surface area contributed by atoms with E-state index in [1.54, 1.807) is 39.2 Å². The Morgan fingerprint density at radius 2 is 1.88 bits per heavy atom. The molecule has 2 aromatic rings. The molecule has 0 unspecified atom stereocenters. The molecule has 1 amide bonds. The average molecular weight is 453 g/mol. The standard InChI is InChI=1S/C21H24N4O3.C3H6.C2H6/c1-4-18(26)15-11-23-19(25-21(27)13-8-9-13)10-17(15)24-16-7-5-6-14(12(2)22)20(16)28-3;1-3-2;1-2/h5-7,10-11,13,22H,4,8-9H2,1-3H3,(H2,23,24,25,27);3H,1H2,2H3;1-2H3. The van der Waals surface area contributed by atoms with E-state index in [1.165, 1.54) is 6.20 Å². The maximum atomic E-state index is 12.4. The molecule has 178 valence electrons. The maximum absolute atomic E-state index is 12.4. The first-order chi connectivity index (χ1) is 15.9. The molecule has 1 fully saturated rings. The van der Waals surface area contributed by atoms with Crippen LogP contribution in [0.5, 0.6) is 5.75 Å². The molecule has 0 bridgehead atoms. The normalized spacial score (nSPS) is 11.6. The second kappa shape index (κ2) is 13.8. The number of methoxy groups -OCH3 is 1. The molecule has 0 spiro atoms. The quantitative estimate of drug-likeness (QED) is 0.245. The number of aromatic nitrogens is 1. The molecule has 1 aromatic heterocycles. The Hall–Kier alpha value is -3.48. The van der Waals surface area contributed by atoms with Crippen molar-refractivity contribution in [1.29, 1.82) is 5.41 Å². The third kappa shape index (κ3) is 7.86. The number of carbonyl (C=O) groups is 2. The number of rotatable bonds is 8. The number of benzene rings is 1. The molecule has 33 heavy (non-hydrogen) atoms. The van der Waals surface area contributed by atoms with Gasteiger partial charge in [-0.1, -0.05) is 32.9 Å². The van der Waals surface area contributed by atoms with Gasteiger partial charge < -0.3 is 20.8 Å². The fraction of sp³-hybridized carbons (Fsp3) is 0.385. The molecule has 0 radical (unpaired) electrons. The summed E-state index contributed by atoms with van der Waals surface area (Å²) in [7, 11) is 1.54. The van der Waals surface area contributed by atoms with Gasteiger partial charge >= 0.3 is 0 Å². The van der Waals surface area contributed by atoms with Crippen LogP contribution in [0.3, 0.4) is 0 Å². The number of hydrogen-bond donors (Lipinski definition) is 3. The summed E-state index contributed by atoms with van der Waals surface area (Å²) in [4.78, 5) is 28.7. The van der Waals surface area contributed by atoms with Crippen LogP contribution in [-0.4, -0.2) is 29.5 Å². The first-order valence-electron chi connectivity index (χ1n) is 11.3. The van der Waals surface area contributed by atoms with Crippen LogP contribution in [0.15, 0.2) is 43.1 Å². The molecule has 1 saturated carbocycles. The molecule has 1 aromatic carbocycles. The number of nitrogens with zero attached hydrogens (tertiary/aromatic N) is 1. The van der Waals surface area contributed by atoms with Crippen molar-refractivity contribution in [1.82, 2.24) is 4.98 Å². The largest absolute Gasteiger partial charge is 0.494 e. The lowest BCUT2D eigenvalue weighted by atomic mass is 10.1. The number of Topliss-reactive ketones (excluding diaryl/α,β-unsaturated/α-hetero) is 1. The monoisotopic (exact) mass is 452 g/mol. The van der Waals surface area contributed by atoms with E-state index in [0.717, 1.165) is 12.8 Å². The molecule has 7 nitrogen and oxygen atoms in total. The van der Waals surface area contributed by atoms with Crippen LogP contribution in [0.4, 0.5) is 17.2 Å². The van der Waals surface area contributed by atoms with Crippen LogP contribution < -0.4 is 15.4 Å². The third-order valence-corrected chi connectivity index (χ3v) is 4.62. The van der Waals surface area contributed by atoms with Crippen LogP contribution >= 0.6 is 0 Å². The molecule has 3 rings (SSSR count). The lowest BCUT2D eigenvalue weighted by molar-refractivity contribution is -0.117. The van der Waals surface area contributed by atoms with Crippen LogP contribution in [-0.2, 0) is 4.79 Å². The van der Waals surface area contributed by atoms with Crippen LogP contribution in [0, 0.1) is 11.3 Å². The molecule has 0 atom stereocenters. The molecular formula is C26H36N4O3. The Morgan fingerprint density at radius 1 is 1.24 bits per heavy atom. The second-order valence-corrected chi connectivity index (χ2v) is 7.20. The van der Waals surface area contributed by atoms with Crippen molar-refractivity contribution in [2.75, 3.05) is 17.7 Å². The average Bonchev–Trinajstić information content (AvgIpc) is 3.66. The van der Waals surface area contributed by atoms with E-state index >= 15 is 0 Å². The number of carbonyl (C=O) groups excluding carboxylic acids is 2. The lowest BCUT2D eigenvalue weighted by Crippen LogP contribution is -2.15. The van der Waals surface area contributed by atoms with Gasteiger partial charge in [0.15, 0.2) is 11.5 Å². The molecule has 1 aliphatic rings. The van der Waals surface area contributed by atoms with E-state index < -0.39 is 0 Å². The van der Waals surface area contributed by atoms with Gasteiger partial charge in [-0.05, 0) is 38.8 Å². The first kappa shape index (κ1) is 27.6. The van der Waals surface area contributed by atoms with Gasteiger partial charge in [-0.15, -0.1) is 6.58 Å². The Kier molecular flexibility index (Phi) is 11.5. The number of nitrogens with one attached hydrogen (secondary N) is 3. The lowest BCUT2D eigenvalue weighted by Gasteiger charge is -2.17. The molecule has 1 heterocycles. The van der Waals surface area contributed by atoms with Gasteiger partial charge in [-0.2, -0.15) is 0 Å². The molecule has 0 aliphatic heterocycles. The van der Waals surface area contributed by atoms with E-state index in [0.29, 0.717) is 46.2 Å². The zero-order valence-corrected chi connectivity index (χ0v) is 20.5. The number of ether oxygens (including phenoxy) is 1. The van der Waals surface area contributed by atoms with Gasteiger partial charge in [-0.3, -0.25) is 9.59 Å². The highest BCUT2D eigenvalue weighted by Gasteiger charge is 2.30. The number of hydrogen-bond acceptors (Lipinski definition) is 6. The first-order valence-corrected chi connectivity index (χ1v) is 11.3. The second-order valence-electron chi connectivity index (χ2n) is 7.20. The minimum absolute atomic E-state index is 0.0490. The number of amides is 1. The van der Waals surface area contributed by atoms with E-state index in [4.69, 9.17) is 10.1 Å². The van der Waals surface area contributed by atoms with E-state index in [2.05, 4.69) is 22.2 Å². The van der Waals surface area contributed by atoms with Gasteiger partial charge in [0.1, 0.15) is 5.82 Å². The van der Waals surface area contributed by atoms with Crippen molar-refractivity contribution in [3.05, 3.63) is 54.2 Å². The van der Waals surface area contributed by atoms with Crippen molar-refractivity contribution in [2.45, 2.75) is 53.9 Å². The van der Waals surface area contributed by atoms with Crippen LogP contribution in [0.1, 0.15) is 69.8 Å². The molecule has 1 aliphatic carbocycles. The number of anilines is 3. The van der Waals surface area contributed by atoms with Crippen LogP contribution in [0.25, 0.3) is 0 Å². The third-order valence-electron chi connectivity index (χ3n) is 4.62. The van der Waals surface area contributed by atoms with E-state index in [1.807, 2.05) is 32.9 Å². The van der Waals surface area contributed by atoms with Gasteiger partial charge in [0.05, 0.1) is 24.0 Å². The Balaban J connectivity index is 0.00000101. The zero-order valence-electron chi connectivity index (χ0n) is 20.5. The van der Waals surface area contributed by atoms with Crippen molar-refractivity contribution in [3.63, 3.8) is 0 Å². The van der Waals surface area contributed by atoms with E-state index in [9.17, 15) is 9.59 Å². The summed E-state index contributed by atoms with van der Waals surface area (Å²) in [5, 5.41) is 14.0. The number of pyridine rings is 1. The van der Waals surface area contributed by atoms with Crippen molar-refractivity contribution >= 4 is 34.6 Å². The molecule has 7 heteroatoms. The highest BCUT2D eigenvalue weighted by molar-refractivity contribution is 6.04. The van der Waals surface area contributed by atoms with E-state index in [-0.39, 0.29) is 17.6 Å². The zero-order chi connectivity index (χ0) is 25.0. The highest BCUT2D eigenvalue weighted by atomic mass is 16.5. The summed E-state index contributed by atoms with van der Waals surface area (Å²) in [5.74, 6) is 0.860. The van der Waals surface area contributed by atoms with Crippen molar-refractivity contribution in [3.8, 4) is 5.75 Å². The van der Waals surface area contributed by atoms with Crippen molar-refractivity contribution < 1.29 is 14.3 Å². The van der Waals surface area contributed by atoms with Gasteiger partial charge in [0, 0.05) is 35.9 Å². The van der Waals surface area contributed by atoms with Gasteiger partial charge in [0.25, 0.3) is 0 Å². The predicted octanol–water partition coefficient (Wildman–Crippen LogP) is 6.38. The number of allylic oxidation sites excluding steroid dienone is 1. The van der Waals surface area contributed by atoms with Crippen molar-refractivity contribution in [2.24, 2.45) is 5.92 Å². The van der Waals surface area contributed by atoms with Gasteiger partial charge in [-0.25, -0.2) is 4.98 Å². The minimum Gasteiger partial charge on any atom is -0.494 e. The molecule has 0 saturated heterocycles. The summed E-state index contributed by atoms with van der Waals surface area (Å²) >= 11 is 0. The summed E-state index contributed by atoms with van der Waals surface area (Å²) in [6.45, 7) is 12.7. The Morgan fingerprint density at radius 3 is 2.39 bits per heavy atom. The number of ketones is 1. The topological polar surface area (TPSA) is 104 Å². The number of para-hydroxylation sites is 1. The summed E-state index contributed by atoms with van der Waals surface area (Å²) in [6, 6.07) is 7.09. The summed E-state index contributed by atoms with van der Waals surface area (Å²) in [5.41, 5.74) is 2.63. The summed E-state index contributed by atoms with van der Waals surface area (Å²) in [6.07, 6.45) is 5.36.